The molecule has 7 nitrogen and oxygen atoms in total. The highest BCUT2D eigenvalue weighted by Gasteiger charge is 2.42. The van der Waals surface area contributed by atoms with Crippen LogP contribution in [0.4, 0.5) is 13.2 Å². The molecule has 1 aromatic heterocycles. The SMILES string of the molecule is Cc1ccc(CN2CC[C@@H]3[C@@H](CO[C@@H]3CC(=O)N3CCCCC3)C2)o1.O=C(O)C(F)(F)F. The van der Waals surface area contributed by atoms with Crippen LogP contribution < -0.4 is 0 Å². The van der Waals surface area contributed by atoms with E-state index in [2.05, 4.69) is 15.9 Å². The number of carbonyl (C=O) groups excluding carboxylic acids is 1. The van der Waals surface area contributed by atoms with Gasteiger partial charge in [0.2, 0.25) is 5.91 Å². The second kappa shape index (κ2) is 10.7. The van der Waals surface area contributed by atoms with Crippen molar-refractivity contribution in [3.8, 4) is 0 Å². The molecular weight excluding hydrogens is 429 g/mol. The minimum atomic E-state index is -5.08. The molecular formula is C22H31F3N2O5. The van der Waals surface area contributed by atoms with E-state index in [1.165, 1.54) is 6.42 Å². The highest BCUT2D eigenvalue weighted by atomic mass is 19.4. The largest absolute Gasteiger partial charge is 0.490 e. The van der Waals surface area contributed by atoms with Crippen molar-refractivity contribution in [2.45, 2.75) is 57.9 Å². The van der Waals surface area contributed by atoms with E-state index < -0.39 is 12.1 Å². The molecule has 3 fully saturated rings. The van der Waals surface area contributed by atoms with E-state index in [0.29, 0.717) is 24.2 Å². The molecule has 1 amide bonds. The Morgan fingerprint density at radius 2 is 1.84 bits per heavy atom. The van der Waals surface area contributed by atoms with Crippen molar-refractivity contribution in [2.75, 3.05) is 32.8 Å². The molecule has 180 valence electrons. The van der Waals surface area contributed by atoms with Gasteiger partial charge in [-0.1, -0.05) is 0 Å². The smallest absolute Gasteiger partial charge is 0.475 e. The second-order valence-corrected chi connectivity index (χ2v) is 8.78. The standard InChI is InChI=1S/C20H30N2O3.C2HF3O2/c1-15-5-6-17(25-15)13-21-10-7-18-16(12-21)14-24-19(18)11-20(23)22-8-3-2-4-9-22;3-2(4,5)1(6)7/h5-6,16,18-19H,2-4,7-14H2,1H3;(H,6,7)/t16-,18-,19-;/m1./s1. The molecule has 4 heterocycles. The lowest BCUT2D eigenvalue weighted by Crippen LogP contribution is -2.42. The van der Waals surface area contributed by atoms with Crippen LogP contribution in [0.1, 0.15) is 43.6 Å². The molecule has 3 atom stereocenters. The molecule has 1 N–H and O–H groups in total. The number of aliphatic carboxylic acids is 1. The number of ether oxygens (including phenoxy) is 1. The van der Waals surface area contributed by atoms with Gasteiger partial charge in [-0.25, -0.2) is 4.79 Å². The number of piperidine rings is 2. The van der Waals surface area contributed by atoms with E-state index in [9.17, 15) is 18.0 Å². The van der Waals surface area contributed by atoms with Gasteiger partial charge in [0.25, 0.3) is 0 Å². The van der Waals surface area contributed by atoms with Crippen LogP contribution >= 0.6 is 0 Å². The number of amides is 1. The van der Waals surface area contributed by atoms with Crippen molar-refractivity contribution in [1.82, 2.24) is 9.80 Å². The molecule has 32 heavy (non-hydrogen) atoms. The number of carboxylic acid groups (broad SMARTS) is 1. The van der Waals surface area contributed by atoms with Crippen molar-refractivity contribution >= 4 is 11.9 Å². The number of aryl methyl sites for hydroxylation is 1. The molecule has 0 aliphatic carbocycles. The topological polar surface area (TPSA) is 83.2 Å². The minimum Gasteiger partial charge on any atom is -0.475 e. The summed E-state index contributed by atoms with van der Waals surface area (Å²) in [5, 5.41) is 7.12. The van der Waals surface area contributed by atoms with Gasteiger partial charge in [-0.3, -0.25) is 9.69 Å². The molecule has 0 aromatic carbocycles. The molecule has 3 saturated heterocycles. The number of likely N-dealkylation sites (tertiary alicyclic amines) is 2. The predicted octanol–water partition coefficient (Wildman–Crippen LogP) is 3.46. The number of carboxylic acids is 1. The van der Waals surface area contributed by atoms with Gasteiger partial charge >= 0.3 is 12.1 Å². The third kappa shape index (κ3) is 6.71. The van der Waals surface area contributed by atoms with E-state index in [0.717, 1.165) is 70.1 Å². The van der Waals surface area contributed by atoms with E-state index in [-0.39, 0.29) is 6.10 Å². The van der Waals surface area contributed by atoms with Gasteiger partial charge in [-0.05, 0) is 57.2 Å². The van der Waals surface area contributed by atoms with Crippen LogP contribution in [0.3, 0.4) is 0 Å². The average molecular weight is 460 g/mol. The number of carbonyl (C=O) groups is 2. The summed E-state index contributed by atoms with van der Waals surface area (Å²) in [5.41, 5.74) is 0. The van der Waals surface area contributed by atoms with Crippen LogP contribution in [-0.2, 0) is 20.9 Å². The summed E-state index contributed by atoms with van der Waals surface area (Å²) < 4.78 is 43.5. The predicted molar refractivity (Wildman–Crippen MR) is 109 cm³/mol. The normalized spacial score (nSPS) is 26.2. The van der Waals surface area contributed by atoms with Gasteiger partial charge in [0.1, 0.15) is 11.5 Å². The Kier molecular flexibility index (Phi) is 8.21. The number of halogens is 3. The van der Waals surface area contributed by atoms with Gasteiger partial charge in [0.05, 0.1) is 25.7 Å². The lowest BCUT2D eigenvalue weighted by molar-refractivity contribution is -0.192. The Labute approximate surface area is 185 Å². The van der Waals surface area contributed by atoms with Crippen molar-refractivity contribution < 1.29 is 37.0 Å². The monoisotopic (exact) mass is 460 g/mol. The first-order chi connectivity index (χ1) is 15.1. The summed E-state index contributed by atoms with van der Waals surface area (Å²) in [6.07, 6.45) is 0.336. The number of nitrogens with zero attached hydrogens (tertiary/aromatic N) is 2. The summed E-state index contributed by atoms with van der Waals surface area (Å²) in [7, 11) is 0. The summed E-state index contributed by atoms with van der Waals surface area (Å²) in [6, 6.07) is 4.11. The fraction of sp³-hybridized carbons (Fsp3) is 0.727. The zero-order valence-corrected chi connectivity index (χ0v) is 18.3. The maximum atomic E-state index is 12.6. The number of hydrogen-bond donors (Lipinski definition) is 1. The highest BCUT2D eigenvalue weighted by Crippen LogP contribution is 2.36. The Hall–Kier alpha value is -2.07. The van der Waals surface area contributed by atoms with E-state index >= 15 is 0 Å². The third-order valence-corrected chi connectivity index (χ3v) is 6.38. The number of alkyl halides is 3. The fourth-order valence-corrected chi connectivity index (χ4v) is 4.75. The van der Waals surface area contributed by atoms with Gasteiger partial charge in [-0.15, -0.1) is 0 Å². The Morgan fingerprint density at radius 3 is 2.44 bits per heavy atom. The van der Waals surface area contributed by atoms with Crippen molar-refractivity contribution in [3.63, 3.8) is 0 Å². The molecule has 0 spiro atoms. The van der Waals surface area contributed by atoms with Crippen molar-refractivity contribution in [3.05, 3.63) is 23.7 Å². The first-order valence-corrected chi connectivity index (χ1v) is 11.1. The van der Waals surface area contributed by atoms with Crippen LogP contribution in [0.5, 0.6) is 0 Å². The lowest BCUT2D eigenvalue weighted by atomic mass is 9.83. The molecule has 0 bridgehead atoms. The van der Waals surface area contributed by atoms with Crippen molar-refractivity contribution in [2.24, 2.45) is 11.8 Å². The molecule has 3 aliphatic rings. The zero-order chi connectivity index (χ0) is 23.3. The minimum absolute atomic E-state index is 0.132. The van der Waals surface area contributed by atoms with Gasteiger partial charge in [-0.2, -0.15) is 13.2 Å². The molecule has 10 heteroatoms. The molecule has 1 aromatic rings. The van der Waals surface area contributed by atoms with Crippen LogP contribution in [0, 0.1) is 18.8 Å². The number of hydrogen-bond acceptors (Lipinski definition) is 5. The highest BCUT2D eigenvalue weighted by molar-refractivity contribution is 5.76. The first-order valence-electron chi connectivity index (χ1n) is 11.1. The van der Waals surface area contributed by atoms with E-state index in [1.54, 1.807) is 0 Å². The summed E-state index contributed by atoms with van der Waals surface area (Å²) in [6.45, 7) is 7.68. The first kappa shape index (κ1) is 24.6. The Balaban J connectivity index is 0.000000360. The van der Waals surface area contributed by atoms with Crippen LogP contribution in [-0.4, -0.2) is 71.8 Å². The lowest BCUT2D eigenvalue weighted by Gasteiger charge is -2.35. The van der Waals surface area contributed by atoms with Crippen molar-refractivity contribution in [1.29, 1.82) is 0 Å². The Morgan fingerprint density at radius 1 is 1.16 bits per heavy atom. The second-order valence-electron chi connectivity index (χ2n) is 8.78. The summed E-state index contributed by atoms with van der Waals surface area (Å²) in [5.74, 6) is 0.677. The number of rotatable bonds is 4. The number of furan rings is 1. The average Bonchev–Trinajstić information content (AvgIpc) is 3.34. The quantitative estimate of drug-likeness (QED) is 0.741. The summed E-state index contributed by atoms with van der Waals surface area (Å²) in [4.78, 5) is 26.0. The maximum absolute atomic E-state index is 12.6. The maximum Gasteiger partial charge on any atom is 0.490 e. The Bertz CT molecular complexity index is 776. The molecule has 0 radical (unpaired) electrons. The molecule has 0 saturated carbocycles. The zero-order valence-electron chi connectivity index (χ0n) is 18.3. The molecule has 0 unspecified atom stereocenters. The van der Waals surface area contributed by atoms with E-state index in [1.807, 2.05) is 13.0 Å². The third-order valence-electron chi connectivity index (χ3n) is 6.38. The van der Waals surface area contributed by atoms with Crippen LogP contribution in [0.2, 0.25) is 0 Å². The fourth-order valence-electron chi connectivity index (χ4n) is 4.75. The molecule has 4 rings (SSSR count). The van der Waals surface area contributed by atoms with Crippen LogP contribution in [0.25, 0.3) is 0 Å². The molecule has 3 aliphatic heterocycles. The van der Waals surface area contributed by atoms with Gasteiger partial charge in [0.15, 0.2) is 0 Å². The van der Waals surface area contributed by atoms with E-state index in [4.69, 9.17) is 19.1 Å². The van der Waals surface area contributed by atoms with Gasteiger partial charge < -0.3 is 19.2 Å². The number of fused-ring (bicyclic) bond motifs is 1. The van der Waals surface area contributed by atoms with Crippen LogP contribution in [0.15, 0.2) is 16.5 Å². The van der Waals surface area contributed by atoms with Gasteiger partial charge in [0, 0.05) is 25.6 Å². The summed E-state index contributed by atoms with van der Waals surface area (Å²) >= 11 is 0.